The highest BCUT2D eigenvalue weighted by molar-refractivity contribution is 9.10. The molecule has 28 heavy (non-hydrogen) atoms. The molecular weight excluding hydrogens is 506 g/mol. The van der Waals surface area contributed by atoms with E-state index in [1.807, 2.05) is 42.5 Å². The van der Waals surface area contributed by atoms with Crippen LogP contribution in [0.3, 0.4) is 0 Å². The Hall–Kier alpha value is -0.860. The van der Waals surface area contributed by atoms with Gasteiger partial charge in [0.2, 0.25) is 5.91 Å². The van der Waals surface area contributed by atoms with Crippen LogP contribution in [0.15, 0.2) is 51.4 Å². The number of anilines is 1. The van der Waals surface area contributed by atoms with Crippen LogP contribution in [0.25, 0.3) is 0 Å². The molecule has 0 radical (unpaired) electrons. The quantitative estimate of drug-likeness (QED) is 0.548. The van der Waals surface area contributed by atoms with Crippen LogP contribution in [0.4, 0.5) is 5.69 Å². The van der Waals surface area contributed by atoms with Crippen LogP contribution < -0.4 is 5.32 Å². The number of nitrogens with one attached hydrogen (secondary N) is 1. The summed E-state index contributed by atoms with van der Waals surface area (Å²) < 4.78 is 1.05. The zero-order valence-corrected chi connectivity index (χ0v) is 19.1. The van der Waals surface area contributed by atoms with Gasteiger partial charge in [0.15, 0.2) is 0 Å². The Bertz CT molecular complexity index is 892. The van der Waals surface area contributed by atoms with E-state index >= 15 is 0 Å². The molecular formula is C21H21Br2NO3S. The number of hydrogen-bond acceptors (Lipinski definition) is 4. The van der Waals surface area contributed by atoms with Gasteiger partial charge in [-0.25, -0.2) is 0 Å². The summed E-state index contributed by atoms with van der Waals surface area (Å²) >= 11 is 8.79. The number of carbonyl (C=O) groups is 1. The van der Waals surface area contributed by atoms with Crippen LogP contribution in [0.2, 0.25) is 0 Å². The first kappa shape index (κ1) is 20.4. The number of aliphatic hydroxyl groups excluding tert-OH is 2. The third kappa shape index (κ3) is 3.16. The molecule has 0 bridgehead atoms. The van der Waals surface area contributed by atoms with Gasteiger partial charge in [-0.05, 0) is 53.8 Å². The largest absolute Gasteiger partial charge is 0.396 e. The first-order valence-electron chi connectivity index (χ1n) is 9.24. The average Bonchev–Trinajstić information content (AvgIpc) is 2.97. The molecule has 2 aliphatic rings. The average molecular weight is 527 g/mol. The minimum Gasteiger partial charge on any atom is -0.396 e. The molecule has 148 valence electrons. The number of rotatable bonds is 4. The molecule has 4 atom stereocenters. The summed E-state index contributed by atoms with van der Waals surface area (Å²) in [6, 6.07) is 13.8. The fourth-order valence-corrected chi connectivity index (χ4v) is 7.67. The molecule has 1 spiro atoms. The van der Waals surface area contributed by atoms with Crippen LogP contribution in [0, 0.1) is 11.8 Å². The fraction of sp³-hybridized carbons (Fsp3) is 0.381. The molecule has 2 aromatic carbocycles. The van der Waals surface area contributed by atoms with Crippen molar-refractivity contribution >= 4 is 55.2 Å². The summed E-state index contributed by atoms with van der Waals surface area (Å²) in [5.41, 5.74) is 2.81. The zero-order chi connectivity index (χ0) is 19.9. The molecule has 0 unspecified atom stereocenters. The van der Waals surface area contributed by atoms with Gasteiger partial charge in [0.25, 0.3) is 0 Å². The molecule has 3 N–H and O–H groups in total. The normalized spacial score (nSPS) is 29.0. The van der Waals surface area contributed by atoms with E-state index in [-0.39, 0.29) is 36.9 Å². The maximum atomic E-state index is 13.4. The standard InChI is InChI=1S/C21H21Br2NO3S/c22-14-6-4-12(5-7-14)18-15(10-26)13(8-9-25)11-28-21(18)19-16(23)2-1-3-17(19)24-20(21)27/h1-7,13,15,18,25-26H,8-11H2,(H,24,27)/t13-,15+,18-,21-/m1/s1. The monoisotopic (exact) mass is 525 g/mol. The van der Waals surface area contributed by atoms with Gasteiger partial charge >= 0.3 is 0 Å². The Labute approximate surface area is 185 Å². The van der Waals surface area contributed by atoms with E-state index in [0.29, 0.717) is 12.2 Å². The van der Waals surface area contributed by atoms with Crippen molar-refractivity contribution < 1.29 is 15.0 Å². The highest BCUT2D eigenvalue weighted by Crippen LogP contribution is 2.63. The molecule has 1 fully saturated rings. The zero-order valence-electron chi connectivity index (χ0n) is 15.1. The Balaban J connectivity index is 1.93. The molecule has 0 saturated carbocycles. The van der Waals surface area contributed by atoms with Crippen molar-refractivity contribution in [2.24, 2.45) is 11.8 Å². The second-order valence-corrected chi connectivity index (χ2v) is 10.3. The molecule has 1 amide bonds. The summed E-state index contributed by atoms with van der Waals surface area (Å²) in [4.78, 5) is 13.4. The minimum atomic E-state index is -0.817. The summed E-state index contributed by atoms with van der Waals surface area (Å²) in [5.74, 6) is 0.485. The minimum absolute atomic E-state index is 0.0270. The Morgan fingerprint density at radius 1 is 1.14 bits per heavy atom. The van der Waals surface area contributed by atoms with E-state index < -0.39 is 4.75 Å². The number of halogens is 2. The van der Waals surface area contributed by atoms with Gasteiger partial charge in [-0.15, -0.1) is 11.8 Å². The predicted octanol–water partition coefficient (Wildman–Crippen LogP) is 4.50. The second-order valence-electron chi connectivity index (χ2n) is 7.31. The number of carbonyl (C=O) groups excluding carboxylic acids is 1. The molecule has 0 aliphatic carbocycles. The molecule has 2 aliphatic heterocycles. The van der Waals surface area contributed by atoms with Crippen molar-refractivity contribution in [3.05, 3.63) is 62.5 Å². The summed E-state index contributed by atoms with van der Waals surface area (Å²) in [5, 5.41) is 23.0. The van der Waals surface area contributed by atoms with Gasteiger partial charge in [-0.2, -0.15) is 0 Å². The van der Waals surface area contributed by atoms with Crippen molar-refractivity contribution in [2.45, 2.75) is 17.1 Å². The van der Waals surface area contributed by atoms with Gasteiger partial charge in [0, 0.05) is 39.3 Å². The van der Waals surface area contributed by atoms with Gasteiger partial charge in [0.05, 0.1) is 0 Å². The number of thioether (sulfide) groups is 1. The van der Waals surface area contributed by atoms with E-state index in [1.165, 1.54) is 0 Å². The van der Waals surface area contributed by atoms with Crippen LogP contribution in [-0.4, -0.2) is 35.1 Å². The van der Waals surface area contributed by atoms with Crippen LogP contribution in [0.5, 0.6) is 0 Å². The van der Waals surface area contributed by atoms with Gasteiger partial charge in [-0.3, -0.25) is 4.79 Å². The highest BCUT2D eigenvalue weighted by Gasteiger charge is 2.59. The summed E-state index contributed by atoms with van der Waals surface area (Å²) in [7, 11) is 0. The highest BCUT2D eigenvalue weighted by atomic mass is 79.9. The van der Waals surface area contributed by atoms with E-state index in [4.69, 9.17) is 0 Å². The first-order chi connectivity index (χ1) is 13.5. The first-order valence-corrected chi connectivity index (χ1v) is 11.8. The number of benzene rings is 2. The number of aliphatic hydroxyl groups is 2. The maximum absolute atomic E-state index is 13.4. The fourth-order valence-electron chi connectivity index (χ4n) is 4.66. The molecule has 7 heteroatoms. The Morgan fingerprint density at radius 2 is 1.89 bits per heavy atom. The number of fused-ring (bicyclic) bond motifs is 2. The smallest absolute Gasteiger partial charge is 0.245 e. The molecule has 1 saturated heterocycles. The maximum Gasteiger partial charge on any atom is 0.245 e. The molecule has 2 heterocycles. The van der Waals surface area contributed by atoms with Crippen LogP contribution in [0.1, 0.15) is 23.5 Å². The second kappa shape index (κ2) is 8.11. The third-order valence-corrected chi connectivity index (χ3v) is 8.79. The van der Waals surface area contributed by atoms with Crippen molar-refractivity contribution in [1.82, 2.24) is 0 Å². The van der Waals surface area contributed by atoms with Crippen molar-refractivity contribution in [3.8, 4) is 0 Å². The van der Waals surface area contributed by atoms with Crippen LogP contribution in [-0.2, 0) is 9.54 Å². The van der Waals surface area contributed by atoms with Gasteiger partial charge in [0.1, 0.15) is 4.75 Å². The van der Waals surface area contributed by atoms with Crippen molar-refractivity contribution in [1.29, 1.82) is 0 Å². The van der Waals surface area contributed by atoms with Gasteiger partial charge in [-0.1, -0.05) is 50.1 Å². The molecule has 2 aromatic rings. The molecule has 4 nitrogen and oxygen atoms in total. The van der Waals surface area contributed by atoms with Gasteiger partial charge < -0.3 is 15.5 Å². The van der Waals surface area contributed by atoms with Crippen LogP contribution >= 0.6 is 43.6 Å². The number of hydrogen-bond donors (Lipinski definition) is 3. The molecule has 0 aromatic heterocycles. The topological polar surface area (TPSA) is 69.6 Å². The lowest BCUT2D eigenvalue weighted by molar-refractivity contribution is -0.119. The Kier molecular flexibility index (Phi) is 5.91. The lowest BCUT2D eigenvalue weighted by Gasteiger charge is -2.48. The summed E-state index contributed by atoms with van der Waals surface area (Å²) in [6.45, 7) is 0.0506. The van der Waals surface area contributed by atoms with E-state index in [9.17, 15) is 15.0 Å². The third-order valence-electron chi connectivity index (χ3n) is 5.91. The summed E-state index contributed by atoms with van der Waals surface area (Å²) in [6.07, 6.45) is 0.617. The van der Waals surface area contributed by atoms with E-state index in [2.05, 4.69) is 37.2 Å². The lowest BCUT2D eigenvalue weighted by atomic mass is 9.68. The Morgan fingerprint density at radius 3 is 2.57 bits per heavy atom. The lowest BCUT2D eigenvalue weighted by Crippen LogP contribution is -2.48. The predicted molar refractivity (Wildman–Crippen MR) is 120 cm³/mol. The van der Waals surface area contributed by atoms with E-state index in [0.717, 1.165) is 25.8 Å². The van der Waals surface area contributed by atoms with E-state index in [1.54, 1.807) is 11.8 Å². The van der Waals surface area contributed by atoms with Crippen molar-refractivity contribution in [3.63, 3.8) is 0 Å². The number of amides is 1. The molecule has 4 rings (SSSR count). The SMILES string of the molecule is O=C1Nc2cccc(Br)c2[C@@]12SC[C@@H](CCO)[C@H](CO)[C@H]2c1ccc(Br)cc1. The van der Waals surface area contributed by atoms with Crippen molar-refractivity contribution in [2.75, 3.05) is 24.3 Å².